The van der Waals surface area contributed by atoms with Crippen molar-refractivity contribution in [2.75, 3.05) is 11.5 Å². The third-order valence-corrected chi connectivity index (χ3v) is 5.97. The molecule has 0 spiro atoms. The van der Waals surface area contributed by atoms with Gasteiger partial charge in [0.05, 0.1) is 17.4 Å². The number of pyridine rings is 1. The maximum Gasteiger partial charge on any atom is 0.160 e. The first kappa shape index (κ1) is 14.3. The third-order valence-electron chi connectivity index (χ3n) is 3.58. The van der Waals surface area contributed by atoms with Crippen molar-refractivity contribution >= 4 is 48.5 Å². The molecular formula is C12H13BrClN3O2S. The quantitative estimate of drug-likeness (QED) is 0.754. The van der Waals surface area contributed by atoms with E-state index in [0.717, 1.165) is 21.5 Å². The number of alkyl halides is 1. The summed E-state index contributed by atoms with van der Waals surface area (Å²) in [5.41, 5.74) is 1.55. The minimum atomic E-state index is -2.88. The fourth-order valence-electron chi connectivity index (χ4n) is 2.62. The van der Waals surface area contributed by atoms with Crippen LogP contribution in [0.25, 0.3) is 11.2 Å². The van der Waals surface area contributed by atoms with Crippen molar-refractivity contribution in [1.82, 2.24) is 14.5 Å². The Bertz CT molecular complexity index is 745. The van der Waals surface area contributed by atoms with E-state index in [2.05, 4.69) is 25.9 Å². The van der Waals surface area contributed by atoms with Gasteiger partial charge in [-0.3, -0.25) is 0 Å². The molecule has 1 aliphatic rings. The predicted octanol–water partition coefficient (Wildman–Crippen LogP) is 2.68. The Kier molecular flexibility index (Phi) is 3.77. The summed E-state index contributed by atoms with van der Waals surface area (Å²) in [4.78, 5) is 8.90. The van der Waals surface area contributed by atoms with Crippen molar-refractivity contribution < 1.29 is 8.42 Å². The Hall–Kier alpha value is -0.660. The van der Waals surface area contributed by atoms with Crippen molar-refractivity contribution in [3.8, 4) is 0 Å². The summed E-state index contributed by atoms with van der Waals surface area (Å²) >= 11 is 9.35. The van der Waals surface area contributed by atoms with Gasteiger partial charge in [-0.15, -0.1) is 11.6 Å². The molecule has 0 aromatic carbocycles. The second-order valence-corrected chi connectivity index (χ2v) is 8.40. The minimum absolute atomic E-state index is 0.103. The molecule has 1 saturated heterocycles. The second-order valence-electron chi connectivity index (χ2n) is 4.91. The highest BCUT2D eigenvalue weighted by atomic mass is 79.9. The van der Waals surface area contributed by atoms with E-state index in [4.69, 9.17) is 11.6 Å². The van der Waals surface area contributed by atoms with Gasteiger partial charge in [-0.05, 0) is 34.8 Å². The second kappa shape index (κ2) is 5.27. The Balaban J connectivity index is 2.06. The fourth-order valence-corrected chi connectivity index (χ4v) is 4.59. The molecule has 0 radical (unpaired) electrons. The predicted molar refractivity (Wildman–Crippen MR) is 81.7 cm³/mol. The van der Waals surface area contributed by atoms with Gasteiger partial charge in [-0.2, -0.15) is 0 Å². The van der Waals surface area contributed by atoms with Gasteiger partial charge in [-0.25, -0.2) is 18.4 Å². The molecule has 0 amide bonds. The molecule has 2 aromatic heterocycles. The first-order valence-corrected chi connectivity index (χ1v) is 9.44. The molecule has 0 atom stereocenters. The van der Waals surface area contributed by atoms with E-state index < -0.39 is 9.84 Å². The number of aromatic nitrogens is 3. The normalized spacial score (nSPS) is 19.5. The molecule has 0 bridgehead atoms. The van der Waals surface area contributed by atoms with Crippen molar-refractivity contribution in [1.29, 1.82) is 0 Å². The molecule has 0 unspecified atom stereocenters. The number of hydrogen-bond acceptors (Lipinski definition) is 4. The molecule has 0 N–H and O–H groups in total. The molecule has 1 aliphatic heterocycles. The van der Waals surface area contributed by atoms with E-state index in [1.165, 1.54) is 0 Å². The van der Waals surface area contributed by atoms with Gasteiger partial charge in [0.2, 0.25) is 0 Å². The van der Waals surface area contributed by atoms with Crippen molar-refractivity contribution in [3.05, 3.63) is 22.6 Å². The molecule has 0 saturated carbocycles. The monoisotopic (exact) mass is 377 g/mol. The smallest absolute Gasteiger partial charge is 0.160 e. The van der Waals surface area contributed by atoms with Gasteiger partial charge >= 0.3 is 0 Å². The van der Waals surface area contributed by atoms with Crippen LogP contribution in [0.1, 0.15) is 24.7 Å². The van der Waals surface area contributed by atoms with Crippen LogP contribution in [0.15, 0.2) is 16.7 Å². The summed E-state index contributed by atoms with van der Waals surface area (Å²) in [5, 5.41) is 0. The average molecular weight is 379 g/mol. The lowest BCUT2D eigenvalue weighted by Gasteiger charge is -2.24. The van der Waals surface area contributed by atoms with Gasteiger partial charge in [-0.1, -0.05) is 0 Å². The van der Waals surface area contributed by atoms with Crippen LogP contribution in [0.2, 0.25) is 0 Å². The topological polar surface area (TPSA) is 64.8 Å². The highest BCUT2D eigenvalue weighted by Crippen LogP contribution is 2.30. The van der Waals surface area contributed by atoms with Crippen molar-refractivity contribution in [2.45, 2.75) is 24.8 Å². The highest BCUT2D eigenvalue weighted by molar-refractivity contribution is 9.10. The maximum absolute atomic E-state index is 11.6. The van der Waals surface area contributed by atoms with Crippen LogP contribution in [0.3, 0.4) is 0 Å². The molecule has 3 rings (SSSR count). The van der Waals surface area contributed by atoms with E-state index >= 15 is 0 Å². The largest absolute Gasteiger partial charge is 0.309 e. The number of fused-ring (bicyclic) bond motifs is 1. The summed E-state index contributed by atoms with van der Waals surface area (Å²) in [6.07, 6.45) is 2.91. The lowest BCUT2D eigenvalue weighted by Crippen LogP contribution is -2.26. The van der Waals surface area contributed by atoms with Gasteiger partial charge in [0, 0.05) is 16.7 Å². The maximum atomic E-state index is 11.6. The lowest BCUT2D eigenvalue weighted by atomic mass is 10.1. The van der Waals surface area contributed by atoms with E-state index in [1.54, 1.807) is 6.20 Å². The van der Waals surface area contributed by atoms with Crippen LogP contribution in [0.4, 0.5) is 0 Å². The molecule has 8 heteroatoms. The lowest BCUT2D eigenvalue weighted by molar-refractivity contribution is 0.448. The summed E-state index contributed by atoms with van der Waals surface area (Å²) in [7, 11) is -2.88. The molecule has 2 aromatic rings. The van der Waals surface area contributed by atoms with E-state index in [0.29, 0.717) is 12.8 Å². The number of imidazole rings is 1. The van der Waals surface area contributed by atoms with Crippen LogP contribution >= 0.6 is 27.5 Å². The molecule has 0 aliphatic carbocycles. The highest BCUT2D eigenvalue weighted by Gasteiger charge is 2.27. The minimum Gasteiger partial charge on any atom is -0.309 e. The van der Waals surface area contributed by atoms with E-state index in [9.17, 15) is 8.42 Å². The van der Waals surface area contributed by atoms with Crippen LogP contribution in [-0.4, -0.2) is 34.5 Å². The number of halogens is 2. The van der Waals surface area contributed by atoms with Gasteiger partial charge in [0.25, 0.3) is 0 Å². The van der Waals surface area contributed by atoms with Gasteiger partial charge < -0.3 is 4.57 Å². The Morgan fingerprint density at radius 1 is 1.40 bits per heavy atom. The Morgan fingerprint density at radius 3 is 2.75 bits per heavy atom. The van der Waals surface area contributed by atoms with Crippen molar-refractivity contribution in [2.24, 2.45) is 0 Å². The average Bonchev–Trinajstić information content (AvgIpc) is 2.76. The zero-order valence-corrected chi connectivity index (χ0v) is 13.7. The summed E-state index contributed by atoms with van der Waals surface area (Å²) in [5.74, 6) is 1.47. The summed E-state index contributed by atoms with van der Waals surface area (Å²) in [6, 6.07) is 2.00. The van der Waals surface area contributed by atoms with E-state index in [1.807, 2.05) is 10.6 Å². The fraction of sp³-hybridized carbons (Fsp3) is 0.500. The molecule has 1 fully saturated rings. The van der Waals surface area contributed by atoms with Crippen LogP contribution in [-0.2, 0) is 15.7 Å². The Morgan fingerprint density at radius 2 is 2.10 bits per heavy atom. The zero-order chi connectivity index (χ0) is 14.3. The summed E-state index contributed by atoms with van der Waals surface area (Å²) < 4.78 is 26.0. The molecule has 108 valence electrons. The van der Waals surface area contributed by atoms with Gasteiger partial charge in [0.1, 0.15) is 21.2 Å². The van der Waals surface area contributed by atoms with Crippen LogP contribution < -0.4 is 0 Å². The van der Waals surface area contributed by atoms with Gasteiger partial charge in [0.15, 0.2) is 5.65 Å². The number of rotatable bonds is 2. The number of sulfone groups is 1. The van der Waals surface area contributed by atoms with E-state index in [-0.39, 0.29) is 23.4 Å². The molecular weight excluding hydrogens is 366 g/mol. The summed E-state index contributed by atoms with van der Waals surface area (Å²) in [6.45, 7) is 0. The standard InChI is InChI=1S/C12H13BrClN3O2S/c13-8-5-10-12(15-7-8)17(11(6-14)16-10)9-1-3-20(18,19)4-2-9/h5,7,9H,1-4,6H2. The number of hydrogen-bond donors (Lipinski definition) is 0. The number of nitrogens with zero attached hydrogens (tertiary/aromatic N) is 3. The van der Waals surface area contributed by atoms with Crippen LogP contribution in [0, 0.1) is 0 Å². The SMILES string of the molecule is O=S1(=O)CCC(n2c(CCl)nc3cc(Br)cnc32)CC1. The molecule has 20 heavy (non-hydrogen) atoms. The van der Waals surface area contributed by atoms with Crippen LogP contribution in [0.5, 0.6) is 0 Å². The molecule has 5 nitrogen and oxygen atoms in total. The zero-order valence-electron chi connectivity index (χ0n) is 10.6. The first-order chi connectivity index (χ1) is 9.50. The molecule has 3 heterocycles. The Labute approximate surface area is 130 Å². The van der Waals surface area contributed by atoms with Crippen molar-refractivity contribution in [3.63, 3.8) is 0 Å². The first-order valence-electron chi connectivity index (χ1n) is 6.29. The third kappa shape index (κ3) is 2.58.